The highest BCUT2D eigenvalue weighted by molar-refractivity contribution is 5.84. The third-order valence-corrected chi connectivity index (χ3v) is 2.91. The molecule has 0 aliphatic rings. The molecule has 0 saturated carbocycles. The zero-order valence-electron chi connectivity index (χ0n) is 13.0. The van der Waals surface area contributed by atoms with E-state index in [1.54, 1.807) is 19.9 Å². The molecule has 0 aliphatic heterocycles. The summed E-state index contributed by atoms with van der Waals surface area (Å²) in [7, 11) is 0. The van der Waals surface area contributed by atoms with E-state index >= 15 is 0 Å². The van der Waals surface area contributed by atoms with Crippen LogP contribution in [0, 0.1) is 0 Å². The normalized spacial score (nSPS) is 11.9. The Morgan fingerprint density at radius 1 is 1.24 bits per heavy atom. The van der Waals surface area contributed by atoms with Gasteiger partial charge >= 0.3 is 5.97 Å². The summed E-state index contributed by atoms with van der Waals surface area (Å²) < 4.78 is 10.2. The van der Waals surface area contributed by atoms with Crippen LogP contribution in [-0.2, 0) is 14.3 Å². The van der Waals surface area contributed by atoms with Gasteiger partial charge in [-0.1, -0.05) is 26.0 Å². The zero-order chi connectivity index (χ0) is 15.8. The highest BCUT2D eigenvalue weighted by Gasteiger charge is 2.16. The van der Waals surface area contributed by atoms with Gasteiger partial charge in [0, 0.05) is 0 Å². The highest BCUT2D eigenvalue weighted by atomic mass is 16.5. The molecular formula is C16H23NO4. The fourth-order valence-electron chi connectivity index (χ4n) is 1.72. The number of esters is 1. The van der Waals surface area contributed by atoms with Crippen LogP contribution in [0.5, 0.6) is 5.75 Å². The molecule has 0 aromatic heterocycles. The first-order valence-electron chi connectivity index (χ1n) is 7.12. The van der Waals surface area contributed by atoms with Crippen LogP contribution in [0.25, 0.3) is 0 Å². The molecule has 1 N–H and O–H groups in total. The predicted octanol–water partition coefficient (Wildman–Crippen LogP) is 2.26. The van der Waals surface area contributed by atoms with E-state index in [9.17, 15) is 9.59 Å². The Morgan fingerprint density at radius 3 is 2.57 bits per heavy atom. The third-order valence-electron chi connectivity index (χ3n) is 2.91. The van der Waals surface area contributed by atoms with E-state index in [1.165, 1.54) is 0 Å². The smallest absolute Gasteiger partial charge is 0.328 e. The van der Waals surface area contributed by atoms with Crippen molar-refractivity contribution in [3.63, 3.8) is 0 Å². The minimum Gasteiger partial charge on any atom is -0.484 e. The largest absolute Gasteiger partial charge is 0.484 e. The van der Waals surface area contributed by atoms with Gasteiger partial charge in [0.1, 0.15) is 11.8 Å². The second kappa shape index (κ2) is 8.29. The van der Waals surface area contributed by atoms with Gasteiger partial charge in [-0.3, -0.25) is 4.79 Å². The SMILES string of the molecule is CCOC(=O)C(C)NC(=O)COc1cccc(C(C)C)c1. The number of nitrogens with one attached hydrogen (secondary N) is 1. The van der Waals surface area contributed by atoms with Gasteiger partial charge in [-0.05, 0) is 37.5 Å². The molecule has 0 bridgehead atoms. The summed E-state index contributed by atoms with van der Waals surface area (Å²) in [5.41, 5.74) is 1.15. The van der Waals surface area contributed by atoms with Crippen molar-refractivity contribution in [2.24, 2.45) is 0 Å². The molecule has 0 fully saturated rings. The van der Waals surface area contributed by atoms with E-state index in [-0.39, 0.29) is 19.1 Å². The number of rotatable bonds is 7. The van der Waals surface area contributed by atoms with Crippen LogP contribution in [0.2, 0.25) is 0 Å². The average Bonchev–Trinajstić information content (AvgIpc) is 2.45. The lowest BCUT2D eigenvalue weighted by atomic mass is 10.0. The number of carbonyl (C=O) groups excluding carboxylic acids is 2. The summed E-state index contributed by atoms with van der Waals surface area (Å²) >= 11 is 0. The van der Waals surface area contributed by atoms with Crippen LogP contribution in [-0.4, -0.2) is 31.1 Å². The topological polar surface area (TPSA) is 64.6 Å². The lowest BCUT2D eigenvalue weighted by molar-refractivity contribution is -0.147. The van der Waals surface area contributed by atoms with E-state index in [4.69, 9.17) is 9.47 Å². The molecule has 0 saturated heterocycles. The second-order valence-electron chi connectivity index (χ2n) is 5.06. The summed E-state index contributed by atoms with van der Waals surface area (Å²) in [6.07, 6.45) is 0. The Hall–Kier alpha value is -2.04. The van der Waals surface area contributed by atoms with Crippen molar-refractivity contribution in [1.82, 2.24) is 5.32 Å². The fraction of sp³-hybridized carbons (Fsp3) is 0.500. The predicted molar refractivity (Wildman–Crippen MR) is 80.3 cm³/mol. The number of hydrogen-bond acceptors (Lipinski definition) is 4. The number of amides is 1. The van der Waals surface area contributed by atoms with Crippen LogP contribution in [0.15, 0.2) is 24.3 Å². The van der Waals surface area contributed by atoms with Crippen LogP contribution in [0.3, 0.4) is 0 Å². The molecule has 5 heteroatoms. The summed E-state index contributed by atoms with van der Waals surface area (Å²) in [6.45, 7) is 7.63. The van der Waals surface area contributed by atoms with Crippen molar-refractivity contribution in [1.29, 1.82) is 0 Å². The maximum atomic E-state index is 11.7. The standard InChI is InChI=1S/C16H23NO4/c1-5-20-16(19)12(4)17-15(18)10-21-14-8-6-7-13(9-14)11(2)3/h6-9,11-12H,5,10H2,1-4H3,(H,17,18). The second-order valence-corrected chi connectivity index (χ2v) is 5.06. The molecule has 5 nitrogen and oxygen atoms in total. The van der Waals surface area contributed by atoms with Crippen LogP contribution < -0.4 is 10.1 Å². The Morgan fingerprint density at radius 2 is 1.95 bits per heavy atom. The first-order chi connectivity index (χ1) is 9.93. The molecule has 1 aromatic rings. The number of benzene rings is 1. The zero-order valence-corrected chi connectivity index (χ0v) is 13.0. The maximum Gasteiger partial charge on any atom is 0.328 e. The fourth-order valence-corrected chi connectivity index (χ4v) is 1.72. The molecule has 1 rings (SSSR count). The van der Waals surface area contributed by atoms with Crippen LogP contribution in [0.4, 0.5) is 0 Å². The van der Waals surface area contributed by atoms with Crippen molar-refractivity contribution < 1.29 is 19.1 Å². The molecule has 1 aromatic carbocycles. The van der Waals surface area contributed by atoms with Crippen LogP contribution >= 0.6 is 0 Å². The number of carbonyl (C=O) groups is 2. The van der Waals surface area contributed by atoms with Crippen molar-refractivity contribution in [3.05, 3.63) is 29.8 Å². The maximum absolute atomic E-state index is 11.7. The van der Waals surface area contributed by atoms with Crippen LogP contribution in [0.1, 0.15) is 39.2 Å². The molecule has 21 heavy (non-hydrogen) atoms. The molecule has 0 radical (unpaired) electrons. The van der Waals surface area contributed by atoms with Gasteiger partial charge < -0.3 is 14.8 Å². The minimum atomic E-state index is -0.678. The van der Waals surface area contributed by atoms with E-state index in [1.807, 2.05) is 18.2 Å². The van der Waals surface area contributed by atoms with E-state index in [2.05, 4.69) is 19.2 Å². The highest BCUT2D eigenvalue weighted by Crippen LogP contribution is 2.19. The number of ether oxygens (including phenoxy) is 2. The molecule has 1 amide bonds. The minimum absolute atomic E-state index is 0.134. The van der Waals surface area contributed by atoms with E-state index < -0.39 is 12.0 Å². The summed E-state index contributed by atoms with van der Waals surface area (Å²) in [5.74, 6) is 0.226. The summed E-state index contributed by atoms with van der Waals surface area (Å²) in [4.78, 5) is 23.1. The van der Waals surface area contributed by atoms with Crippen molar-refractivity contribution >= 4 is 11.9 Å². The summed E-state index contributed by atoms with van der Waals surface area (Å²) in [6, 6.07) is 6.94. The number of hydrogen-bond donors (Lipinski definition) is 1. The van der Waals surface area contributed by atoms with Gasteiger partial charge in [0.15, 0.2) is 6.61 Å². The Bertz CT molecular complexity index is 485. The monoisotopic (exact) mass is 293 g/mol. The Labute approximate surface area is 125 Å². The molecule has 0 aliphatic carbocycles. The Kier molecular flexibility index (Phi) is 6.72. The first kappa shape index (κ1) is 17.0. The van der Waals surface area contributed by atoms with Crippen molar-refractivity contribution in [2.75, 3.05) is 13.2 Å². The average molecular weight is 293 g/mol. The van der Waals surface area contributed by atoms with E-state index in [0.29, 0.717) is 11.7 Å². The lowest BCUT2D eigenvalue weighted by Crippen LogP contribution is -2.41. The molecule has 116 valence electrons. The van der Waals surface area contributed by atoms with Gasteiger partial charge in [-0.2, -0.15) is 0 Å². The Balaban J connectivity index is 2.46. The molecule has 0 heterocycles. The molecule has 1 atom stereocenters. The van der Waals surface area contributed by atoms with E-state index in [0.717, 1.165) is 5.56 Å². The van der Waals surface area contributed by atoms with Crippen molar-refractivity contribution in [2.45, 2.75) is 39.7 Å². The molecule has 1 unspecified atom stereocenters. The molecule has 0 spiro atoms. The van der Waals surface area contributed by atoms with Gasteiger partial charge in [0.25, 0.3) is 5.91 Å². The third kappa shape index (κ3) is 5.85. The first-order valence-corrected chi connectivity index (χ1v) is 7.12. The van der Waals surface area contributed by atoms with Gasteiger partial charge in [0.05, 0.1) is 6.61 Å². The quantitative estimate of drug-likeness (QED) is 0.783. The van der Waals surface area contributed by atoms with Gasteiger partial charge in [0.2, 0.25) is 0 Å². The van der Waals surface area contributed by atoms with Gasteiger partial charge in [-0.15, -0.1) is 0 Å². The van der Waals surface area contributed by atoms with Crippen molar-refractivity contribution in [3.8, 4) is 5.75 Å². The van der Waals surface area contributed by atoms with Gasteiger partial charge in [-0.25, -0.2) is 4.79 Å². The molecular weight excluding hydrogens is 270 g/mol. The summed E-state index contributed by atoms with van der Waals surface area (Å²) in [5, 5.41) is 2.53. The lowest BCUT2D eigenvalue weighted by Gasteiger charge is -2.13.